The summed E-state index contributed by atoms with van der Waals surface area (Å²) >= 11 is 0. The molecule has 8 nitrogen and oxygen atoms in total. The summed E-state index contributed by atoms with van der Waals surface area (Å²) in [4.78, 5) is 41.2. The monoisotopic (exact) mass is 418 g/mol. The summed E-state index contributed by atoms with van der Waals surface area (Å²) in [7, 11) is 0. The van der Waals surface area contributed by atoms with Crippen LogP contribution in [0.4, 0.5) is 9.18 Å². The van der Waals surface area contributed by atoms with E-state index in [2.05, 4.69) is 10.3 Å². The van der Waals surface area contributed by atoms with E-state index in [1.807, 2.05) is 0 Å². The molecule has 1 atom stereocenters. The van der Waals surface area contributed by atoms with Crippen LogP contribution in [0.1, 0.15) is 31.1 Å². The lowest BCUT2D eigenvalue weighted by Gasteiger charge is -2.29. The summed E-state index contributed by atoms with van der Waals surface area (Å²) in [6.07, 6.45) is 0.279. The van der Waals surface area contributed by atoms with E-state index in [0.29, 0.717) is 5.56 Å². The highest BCUT2D eigenvalue weighted by Crippen LogP contribution is 2.32. The maximum Gasteiger partial charge on any atom is 0.408 e. The molecule has 1 N–H and O–H groups in total. The fourth-order valence-electron chi connectivity index (χ4n) is 2.60. The number of hydrogen-bond donors (Lipinski definition) is 1. The van der Waals surface area contributed by atoms with Gasteiger partial charge in [0.05, 0.1) is 18.9 Å². The van der Waals surface area contributed by atoms with Crippen LogP contribution in [0, 0.1) is 0 Å². The van der Waals surface area contributed by atoms with Gasteiger partial charge in [-0.05, 0) is 31.5 Å². The van der Waals surface area contributed by atoms with Crippen molar-refractivity contribution in [1.82, 2.24) is 10.3 Å². The van der Waals surface area contributed by atoms with Gasteiger partial charge in [0, 0.05) is 6.20 Å². The normalized spacial score (nSPS) is 11.8. The van der Waals surface area contributed by atoms with Crippen molar-refractivity contribution >= 4 is 18.0 Å². The first kappa shape index (κ1) is 22.8. The number of nitrogens with zero attached hydrogens (tertiary/aromatic N) is 1. The first-order valence-electron chi connectivity index (χ1n) is 9.34. The highest BCUT2D eigenvalue weighted by molar-refractivity contribution is 6.05. The molecule has 30 heavy (non-hydrogen) atoms. The fourth-order valence-corrected chi connectivity index (χ4v) is 2.60. The number of carbonyl (C=O) groups excluding carboxylic acids is 3. The molecule has 1 aromatic heterocycles. The van der Waals surface area contributed by atoms with E-state index in [4.69, 9.17) is 14.2 Å². The number of aromatic nitrogens is 1. The maximum absolute atomic E-state index is 16.0. The zero-order valence-electron chi connectivity index (χ0n) is 16.7. The number of esters is 2. The van der Waals surface area contributed by atoms with Crippen LogP contribution >= 0.6 is 0 Å². The number of alkyl halides is 1. The third-order valence-corrected chi connectivity index (χ3v) is 4.00. The average molecular weight is 418 g/mol. The number of benzene rings is 1. The van der Waals surface area contributed by atoms with Gasteiger partial charge in [-0.2, -0.15) is 0 Å². The van der Waals surface area contributed by atoms with Crippen LogP contribution < -0.4 is 5.32 Å². The zero-order valence-corrected chi connectivity index (χ0v) is 16.7. The van der Waals surface area contributed by atoms with Gasteiger partial charge in [0.15, 0.2) is 0 Å². The average Bonchev–Trinajstić information content (AvgIpc) is 2.77. The van der Waals surface area contributed by atoms with E-state index in [1.165, 1.54) is 32.2 Å². The van der Waals surface area contributed by atoms with Crippen molar-refractivity contribution in [3.8, 4) is 0 Å². The highest BCUT2D eigenvalue weighted by atomic mass is 19.1. The van der Waals surface area contributed by atoms with E-state index in [1.54, 1.807) is 36.4 Å². The largest absolute Gasteiger partial charge is 0.463 e. The molecule has 2 rings (SSSR count). The first-order chi connectivity index (χ1) is 14.4. The van der Waals surface area contributed by atoms with E-state index in [0.717, 1.165) is 0 Å². The minimum Gasteiger partial charge on any atom is -0.463 e. The molecule has 0 bridgehead atoms. The van der Waals surface area contributed by atoms with E-state index >= 15 is 4.39 Å². The van der Waals surface area contributed by atoms with E-state index in [-0.39, 0.29) is 25.5 Å². The predicted molar refractivity (Wildman–Crippen MR) is 104 cm³/mol. The van der Waals surface area contributed by atoms with Crippen LogP contribution in [0.5, 0.6) is 0 Å². The molecular formula is C21H23FN2O6. The fraction of sp³-hybridized carbons (Fsp3) is 0.333. The summed E-state index contributed by atoms with van der Waals surface area (Å²) in [5.41, 5.74) is -2.76. The number of carbonyl (C=O) groups is 3. The summed E-state index contributed by atoms with van der Waals surface area (Å²) < 4.78 is 30.6. The molecule has 0 spiro atoms. The van der Waals surface area contributed by atoms with Gasteiger partial charge < -0.3 is 19.5 Å². The van der Waals surface area contributed by atoms with Crippen molar-refractivity contribution in [3.05, 3.63) is 66.0 Å². The van der Waals surface area contributed by atoms with Crippen molar-refractivity contribution < 1.29 is 33.0 Å². The number of amides is 1. The van der Waals surface area contributed by atoms with Gasteiger partial charge in [-0.15, -0.1) is 0 Å². The number of halogens is 1. The summed E-state index contributed by atoms with van der Waals surface area (Å²) in [5.74, 6) is -3.00. The molecule has 0 saturated heterocycles. The van der Waals surface area contributed by atoms with E-state index in [9.17, 15) is 14.4 Å². The number of rotatable bonds is 9. The Morgan fingerprint density at radius 3 is 2.10 bits per heavy atom. The second kappa shape index (κ2) is 10.9. The SMILES string of the molecule is CCOC(=O)C(F)(C(=O)OCC)C(NC(=O)OCc1ccccc1)c1ccccn1. The second-order valence-corrected chi connectivity index (χ2v) is 6.05. The lowest BCUT2D eigenvalue weighted by atomic mass is 9.92. The van der Waals surface area contributed by atoms with Gasteiger partial charge >= 0.3 is 23.7 Å². The number of pyridine rings is 1. The van der Waals surface area contributed by atoms with Gasteiger partial charge in [-0.3, -0.25) is 4.98 Å². The van der Waals surface area contributed by atoms with Gasteiger partial charge in [-0.1, -0.05) is 36.4 Å². The highest BCUT2D eigenvalue weighted by Gasteiger charge is 2.58. The quantitative estimate of drug-likeness (QED) is 0.379. The Balaban J connectivity index is 2.33. The Kier molecular flexibility index (Phi) is 8.28. The predicted octanol–water partition coefficient (Wildman–Crippen LogP) is 2.88. The Morgan fingerprint density at radius 1 is 0.967 bits per heavy atom. The minimum atomic E-state index is -3.37. The van der Waals surface area contributed by atoms with E-state index < -0.39 is 29.7 Å². The van der Waals surface area contributed by atoms with Crippen molar-refractivity contribution in [2.75, 3.05) is 13.2 Å². The molecule has 1 heterocycles. The molecule has 9 heteroatoms. The van der Waals surface area contributed by atoms with Crippen LogP contribution in [-0.4, -0.2) is 41.9 Å². The molecule has 1 amide bonds. The summed E-state index contributed by atoms with van der Waals surface area (Å²) in [5, 5.41) is 2.22. The third-order valence-electron chi connectivity index (χ3n) is 4.00. The second-order valence-electron chi connectivity index (χ2n) is 6.05. The Hall–Kier alpha value is -3.49. The van der Waals surface area contributed by atoms with Gasteiger partial charge in [0.25, 0.3) is 0 Å². The molecule has 0 fully saturated rings. The molecule has 0 radical (unpaired) electrons. The molecule has 1 aromatic carbocycles. The topological polar surface area (TPSA) is 104 Å². The van der Waals surface area contributed by atoms with Crippen LogP contribution in [0.25, 0.3) is 0 Å². The van der Waals surface area contributed by atoms with Crippen LogP contribution in [0.3, 0.4) is 0 Å². The van der Waals surface area contributed by atoms with Crippen LogP contribution in [0.2, 0.25) is 0 Å². The molecule has 0 saturated carbocycles. The first-order valence-corrected chi connectivity index (χ1v) is 9.34. The summed E-state index contributed by atoms with van der Waals surface area (Å²) in [6.45, 7) is 2.45. The molecule has 1 unspecified atom stereocenters. The van der Waals surface area contributed by atoms with Crippen molar-refractivity contribution in [1.29, 1.82) is 0 Å². The van der Waals surface area contributed by atoms with Gasteiger partial charge in [-0.25, -0.2) is 18.8 Å². The van der Waals surface area contributed by atoms with Gasteiger partial charge in [0.1, 0.15) is 12.6 Å². The summed E-state index contributed by atoms with van der Waals surface area (Å²) in [6, 6.07) is 11.4. The Bertz CT molecular complexity index is 829. The molecule has 2 aromatic rings. The zero-order chi connectivity index (χ0) is 22.0. The third kappa shape index (κ3) is 5.53. The van der Waals surface area contributed by atoms with Crippen molar-refractivity contribution in [3.63, 3.8) is 0 Å². The number of hydrogen-bond acceptors (Lipinski definition) is 7. The smallest absolute Gasteiger partial charge is 0.408 e. The van der Waals surface area contributed by atoms with Crippen LogP contribution in [-0.2, 0) is 30.4 Å². The molecule has 0 aliphatic carbocycles. The minimum absolute atomic E-state index is 0.0854. The lowest BCUT2D eigenvalue weighted by molar-refractivity contribution is -0.177. The number of ether oxygens (including phenoxy) is 3. The molecule has 0 aliphatic heterocycles. The van der Waals surface area contributed by atoms with Crippen LogP contribution in [0.15, 0.2) is 54.7 Å². The standard InChI is InChI=1S/C21H23FN2O6/c1-3-28-18(25)21(22,19(26)29-4-2)17(16-12-8-9-13-23-16)24-20(27)30-14-15-10-6-5-7-11-15/h5-13,17H,3-4,14H2,1-2H3,(H,24,27). The van der Waals surface area contributed by atoms with Gasteiger partial charge in [0.2, 0.25) is 0 Å². The molecule has 0 aliphatic rings. The maximum atomic E-state index is 16.0. The molecule has 160 valence electrons. The molecular weight excluding hydrogens is 395 g/mol. The number of nitrogens with one attached hydrogen (secondary N) is 1. The Labute approximate surface area is 173 Å². The lowest BCUT2D eigenvalue weighted by Crippen LogP contribution is -2.55. The Morgan fingerprint density at radius 2 is 1.57 bits per heavy atom. The number of alkyl carbamates (subject to hydrolysis) is 1. The van der Waals surface area contributed by atoms with Crippen molar-refractivity contribution in [2.24, 2.45) is 0 Å². The van der Waals surface area contributed by atoms with Crippen molar-refractivity contribution in [2.45, 2.75) is 32.2 Å².